The molecule has 11 nitrogen and oxygen atoms in total. The molecular formula is C21H24Cl2N6O5S. The Bertz CT molecular complexity index is 1240. The van der Waals surface area contributed by atoms with Crippen molar-refractivity contribution < 1.29 is 24.2 Å². The van der Waals surface area contributed by atoms with Crippen molar-refractivity contribution in [1.82, 2.24) is 24.8 Å². The van der Waals surface area contributed by atoms with Gasteiger partial charge in [-0.2, -0.15) is 0 Å². The Labute approximate surface area is 215 Å². The van der Waals surface area contributed by atoms with Gasteiger partial charge < -0.3 is 34.3 Å². The van der Waals surface area contributed by atoms with Crippen LogP contribution in [0.1, 0.15) is 32.3 Å². The molecule has 0 saturated carbocycles. The van der Waals surface area contributed by atoms with Gasteiger partial charge in [0.2, 0.25) is 0 Å². The second-order valence-corrected chi connectivity index (χ2v) is 9.69. The molecule has 1 fully saturated rings. The number of rotatable bonds is 8. The summed E-state index contributed by atoms with van der Waals surface area (Å²) in [5.41, 5.74) is 1.09. The minimum Gasteiger partial charge on any atom is -0.477 e. The van der Waals surface area contributed by atoms with E-state index in [2.05, 4.69) is 20.3 Å². The van der Waals surface area contributed by atoms with Gasteiger partial charge in [-0.15, -0.1) is 0 Å². The number of hydrogen-bond acceptors (Lipinski definition) is 8. The van der Waals surface area contributed by atoms with E-state index < -0.39 is 5.97 Å². The molecule has 14 heteroatoms. The Balaban J connectivity index is 1.53. The Morgan fingerprint density at radius 3 is 2.74 bits per heavy atom. The average molecular weight is 543 g/mol. The molecule has 2 atom stereocenters. The lowest BCUT2D eigenvalue weighted by Gasteiger charge is -2.37. The van der Waals surface area contributed by atoms with Crippen molar-refractivity contribution in [3.8, 4) is 11.5 Å². The number of anilines is 1. The molecule has 3 aromatic rings. The largest absolute Gasteiger partial charge is 0.477 e. The summed E-state index contributed by atoms with van der Waals surface area (Å²) in [7, 11) is 3.11. The third-order valence-electron chi connectivity index (χ3n) is 5.74. The lowest BCUT2D eigenvalue weighted by atomic mass is 10.0. The van der Waals surface area contributed by atoms with Crippen molar-refractivity contribution in [3.05, 3.63) is 38.7 Å². The highest BCUT2D eigenvalue weighted by atomic mass is 35.5. The van der Waals surface area contributed by atoms with E-state index in [0.29, 0.717) is 41.2 Å². The number of amides is 1. The van der Waals surface area contributed by atoms with Gasteiger partial charge in [0.15, 0.2) is 11.0 Å². The molecule has 0 aliphatic carbocycles. The van der Waals surface area contributed by atoms with Crippen LogP contribution in [0.4, 0.5) is 5.13 Å². The molecule has 1 aliphatic rings. The van der Waals surface area contributed by atoms with Crippen LogP contribution in [0, 0.1) is 6.92 Å². The number of aryl methyl sites for hydroxylation is 1. The standard InChI is InChI=1S/C21H24Cl2N6O5S/c1-10-13(22)14(23)15(25-10)19(30)26-11-4-6-28(8-12(11)34-3)21-27-16(17(35-21)20(31)32)18-24-5-7-29(18)9-33-2/h5,7,11-12,25H,4,6,8-9H2,1-3H3,(H,26,30)(H,31,32)/t11-,12+/m1/s1. The van der Waals surface area contributed by atoms with Gasteiger partial charge in [-0.25, -0.2) is 14.8 Å². The summed E-state index contributed by atoms with van der Waals surface area (Å²) in [6.07, 6.45) is 3.45. The minimum absolute atomic E-state index is 0.0848. The topological polar surface area (TPSA) is 135 Å². The Morgan fingerprint density at radius 1 is 1.34 bits per heavy atom. The fraction of sp³-hybridized carbons (Fsp3) is 0.429. The van der Waals surface area contributed by atoms with Crippen molar-refractivity contribution in [2.75, 3.05) is 32.2 Å². The van der Waals surface area contributed by atoms with E-state index in [0.717, 1.165) is 11.3 Å². The van der Waals surface area contributed by atoms with E-state index in [1.54, 1.807) is 38.1 Å². The summed E-state index contributed by atoms with van der Waals surface area (Å²) in [6, 6.07) is -0.291. The van der Waals surface area contributed by atoms with E-state index in [1.807, 2.05) is 4.90 Å². The Hall–Kier alpha value is -2.64. The number of ether oxygens (including phenoxy) is 2. The molecule has 3 N–H and O–H groups in total. The minimum atomic E-state index is -1.09. The third kappa shape index (κ3) is 5.02. The SMILES string of the molecule is COCn1ccnc1-c1nc(N2CC[C@@H](NC(=O)c3[nH]c(C)c(Cl)c3Cl)[C@@H](OC)C2)sc1C(=O)O. The van der Waals surface area contributed by atoms with Crippen LogP contribution in [0.15, 0.2) is 12.4 Å². The Morgan fingerprint density at radius 2 is 2.11 bits per heavy atom. The van der Waals surface area contributed by atoms with Crippen LogP contribution in [0.5, 0.6) is 0 Å². The van der Waals surface area contributed by atoms with E-state index >= 15 is 0 Å². The molecule has 0 bridgehead atoms. The number of carbonyl (C=O) groups excluding carboxylic acids is 1. The van der Waals surface area contributed by atoms with Gasteiger partial charge in [-0.1, -0.05) is 34.5 Å². The quantitative estimate of drug-likeness (QED) is 0.394. The Kier molecular flexibility index (Phi) is 7.67. The number of carboxylic acids is 1. The molecule has 0 unspecified atom stereocenters. The summed E-state index contributed by atoms with van der Waals surface area (Å²) in [5.74, 6) is -1.05. The van der Waals surface area contributed by atoms with Crippen molar-refractivity contribution in [3.63, 3.8) is 0 Å². The number of carboxylic acid groups (broad SMARTS) is 1. The number of thiazole rings is 1. The number of imidazole rings is 1. The smallest absolute Gasteiger partial charge is 0.348 e. The number of H-pyrrole nitrogens is 1. The molecule has 4 heterocycles. The molecule has 0 spiro atoms. The van der Waals surface area contributed by atoms with Gasteiger partial charge in [-0.05, 0) is 13.3 Å². The van der Waals surface area contributed by atoms with Crippen LogP contribution in [0.3, 0.4) is 0 Å². The molecule has 0 radical (unpaired) electrons. The summed E-state index contributed by atoms with van der Waals surface area (Å²) < 4.78 is 12.5. The summed E-state index contributed by atoms with van der Waals surface area (Å²) in [4.78, 5) is 38.6. The van der Waals surface area contributed by atoms with Gasteiger partial charge in [0.1, 0.15) is 23.0 Å². The lowest BCUT2D eigenvalue weighted by Crippen LogP contribution is -2.55. The molecule has 35 heavy (non-hydrogen) atoms. The van der Waals surface area contributed by atoms with E-state index in [9.17, 15) is 14.7 Å². The number of halogens is 2. The summed E-state index contributed by atoms with van der Waals surface area (Å²) in [6.45, 7) is 2.88. The number of aromatic carboxylic acids is 1. The van der Waals surface area contributed by atoms with Crippen molar-refractivity contribution in [2.24, 2.45) is 0 Å². The molecule has 1 saturated heterocycles. The molecule has 4 rings (SSSR count). The second kappa shape index (κ2) is 10.5. The van der Waals surface area contributed by atoms with Gasteiger partial charge in [0.05, 0.1) is 22.2 Å². The van der Waals surface area contributed by atoms with Crippen LogP contribution in [-0.2, 0) is 16.2 Å². The highest BCUT2D eigenvalue weighted by molar-refractivity contribution is 7.17. The van der Waals surface area contributed by atoms with Crippen LogP contribution in [0.2, 0.25) is 10.0 Å². The zero-order valence-electron chi connectivity index (χ0n) is 19.2. The maximum absolute atomic E-state index is 12.8. The monoisotopic (exact) mass is 542 g/mol. The van der Waals surface area contributed by atoms with Crippen molar-refractivity contribution in [2.45, 2.75) is 32.2 Å². The first-order chi connectivity index (χ1) is 16.7. The number of aromatic amines is 1. The molecule has 0 aromatic carbocycles. The van der Waals surface area contributed by atoms with E-state index in [-0.39, 0.29) is 46.1 Å². The number of hydrogen-bond donors (Lipinski definition) is 3. The normalized spacial score (nSPS) is 18.1. The first kappa shape index (κ1) is 25.5. The maximum Gasteiger partial charge on any atom is 0.348 e. The average Bonchev–Trinajstić information content (AvgIpc) is 3.54. The van der Waals surface area contributed by atoms with Crippen LogP contribution < -0.4 is 10.2 Å². The van der Waals surface area contributed by atoms with Crippen LogP contribution in [-0.4, -0.2) is 76.0 Å². The highest BCUT2D eigenvalue weighted by Crippen LogP contribution is 2.34. The van der Waals surface area contributed by atoms with E-state index in [4.69, 9.17) is 32.7 Å². The van der Waals surface area contributed by atoms with E-state index in [1.165, 1.54) is 0 Å². The zero-order valence-corrected chi connectivity index (χ0v) is 21.5. The third-order valence-corrected chi connectivity index (χ3v) is 7.79. The van der Waals surface area contributed by atoms with Gasteiger partial charge in [-0.3, -0.25) is 4.79 Å². The van der Waals surface area contributed by atoms with Crippen molar-refractivity contribution in [1.29, 1.82) is 0 Å². The van der Waals surface area contributed by atoms with Crippen LogP contribution in [0.25, 0.3) is 11.5 Å². The lowest BCUT2D eigenvalue weighted by molar-refractivity contribution is 0.0540. The van der Waals surface area contributed by atoms with Gasteiger partial charge >= 0.3 is 5.97 Å². The first-order valence-corrected chi connectivity index (χ1v) is 12.2. The zero-order chi connectivity index (χ0) is 25.3. The first-order valence-electron chi connectivity index (χ1n) is 10.6. The molecular weight excluding hydrogens is 519 g/mol. The number of carbonyl (C=O) groups is 2. The number of piperidine rings is 1. The number of methoxy groups -OCH3 is 2. The molecule has 3 aromatic heterocycles. The van der Waals surface area contributed by atoms with Crippen LogP contribution >= 0.6 is 34.5 Å². The second-order valence-electron chi connectivity index (χ2n) is 7.96. The predicted molar refractivity (Wildman–Crippen MR) is 132 cm³/mol. The predicted octanol–water partition coefficient (Wildman–Crippen LogP) is 3.28. The van der Waals surface area contributed by atoms with Crippen molar-refractivity contribution >= 4 is 51.5 Å². The number of nitrogens with one attached hydrogen (secondary N) is 2. The fourth-order valence-electron chi connectivity index (χ4n) is 3.97. The fourth-order valence-corrected chi connectivity index (χ4v) is 5.32. The summed E-state index contributed by atoms with van der Waals surface area (Å²) in [5, 5.41) is 13.8. The molecule has 1 amide bonds. The highest BCUT2D eigenvalue weighted by Gasteiger charge is 2.34. The summed E-state index contributed by atoms with van der Waals surface area (Å²) >= 11 is 13.3. The number of nitrogens with zero attached hydrogens (tertiary/aromatic N) is 4. The maximum atomic E-state index is 12.8. The van der Waals surface area contributed by atoms with Gasteiger partial charge in [0, 0.05) is 45.4 Å². The van der Waals surface area contributed by atoms with Gasteiger partial charge in [0.25, 0.3) is 5.91 Å². The number of aromatic nitrogens is 4. The molecule has 1 aliphatic heterocycles. The molecule has 188 valence electrons.